The summed E-state index contributed by atoms with van der Waals surface area (Å²) >= 11 is 0. The Morgan fingerprint density at radius 1 is 0.926 bits per heavy atom. The summed E-state index contributed by atoms with van der Waals surface area (Å²) in [5.74, 6) is 0.154. The van der Waals surface area contributed by atoms with E-state index < -0.39 is 0 Å². The second kappa shape index (κ2) is 8.06. The van der Waals surface area contributed by atoms with E-state index in [2.05, 4.69) is 10.1 Å². The van der Waals surface area contributed by atoms with Crippen molar-refractivity contribution < 1.29 is 18.8 Å². The normalized spacial score (nSPS) is 18.8. The van der Waals surface area contributed by atoms with Crippen LogP contribution >= 0.6 is 0 Å². The molecule has 2 aliphatic rings. The molecule has 2 fully saturated rings. The second-order valence-corrected chi connectivity index (χ2v) is 6.95. The van der Waals surface area contributed by atoms with Gasteiger partial charge >= 0.3 is 0 Å². The Bertz CT molecular complexity index is 807. The highest BCUT2D eigenvalue weighted by atomic mass is 16.5. The SMILES string of the molecule is O=C(Cc1noc2ccccc12)N1CCN(C(=O)CN2CCOCC2)CC1. The molecule has 0 aliphatic carbocycles. The van der Waals surface area contributed by atoms with Gasteiger partial charge in [0, 0.05) is 44.7 Å². The molecule has 144 valence electrons. The third kappa shape index (κ3) is 4.12. The summed E-state index contributed by atoms with van der Waals surface area (Å²) in [4.78, 5) is 30.9. The van der Waals surface area contributed by atoms with Crippen LogP contribution in [0.25, 0.3) is 11.0 Å². The Balaban J connectivity index is 1.28. The third-order valence-corrected chi connectivity index (χ3v) is 5.22. The number of carbonyl (C=O) groups excluding carboxylic acids is 2. The van der Waals surface area contributed by atoms with Gasteiger partial charge in [0.1, 0.15) is 5.69 Å². The maximum absolute atomic E-state index is 12.6. The molecule has 2 aliphatic heterocycles. The van der Waals surface area contributed by atoms with Gasteiger partial charge < -0.3 is 19.1 Å². The molecule has 4 rings (SSSR count). The van der Waals surface area contributed by atoms with Gasteiger partial charge in [-0.1, -0.05) is 17.3 Å². The standard InChI is InChI=1S/C19H24N4O4/c24-18(13-16-15-3-1-2-4-17(15)27-20-16)22-5-7-23(8-6-22)19(25)14-21-9-11-26-12-10-21/h1-4H,5-14H2. The molecule has 0 unspecified atom stereocenters. The predicted molar refractivity (Wildman–Crippen MR) is 98.1 cm³/mol. The number of aromatic nitrogens is 1. The van der Waals surface area contributed by atoms with Crippen LogP contribution in [-0.2, 0) is 20.7 Å². The number of morpholine rings is 1. The van der Waals surface area contributed by atoms with E-state index in [1.54, 1.807) is 0 Å². The first-order valence-corrected chi connectivity index (χ1v) is 9.39. The van der Waals surface area contributed by atoms with E-state index >= 15 is 0 Å². The Kier molecular flexibility index (Phi) is 5.35. The van der Waals surface area contributed by atoms with E-state index in [1.165, 1.54) is 0 Å². The van der Waals surface area contributed by atoms with Crippen LogP contribution in [0.2, 0.25) is 0 Å². The van der Waals surface area contributed by atoms with Crippen LogP contribution < -0.4 is 0 Å². The third-order valence-electron chi connectivity index (χ3n) is 5.22. The van der Waals surface area contributed by atoms with Crippen molar-refractivity contribution in [3.8, 4) is 0 Å². The van der Waals surface area contributed by atoms with Crippen LogP contribution in [-0.4, -0.2) is 90.7 Å². The Labute approximate surface area is 157 Å². The molecule has 0 bridgehead atoms. The minimum Gasteiger partial charge on any atom is -0.379 e. The average molecular weight is 372 g/mol. The van der Waals surface area contributed by atoms with Gasteiger partial charge in [0.2, 0.25) is 11.8 Å². The molecule has 1 aromatic carbocycles. The maximum Gasteiger partial charge on any atom is 0.236 e. The molecule has 0 spiro atoms. The van der Waals surface area contributed by atoms with Gasteiger partial charge in [0.25, 0.3) is 0 Å². The van der Waals surface area contributed by atoms with Gasteiger partial charge in [-0.15, -0.1) is 0 Å². The number of hydrogen-bond donors (Lipinski definition) is 0. The van der Waals surface area contributed by atoms with Gasteiger partial charge in [-0.3, -0.25) is 14.5 Å². The number of rotatable bonds is 4. The summed E-state index contributed by atoms with van der Waals surface area (Å²) in [7, 11) is 0. The molecule has 0 radical (unpaired) electrons. The van der Waals surface area contributed by atoms with E-state index in [0.29, 0.717) is 57.2 Å². The molecule has 8 nitrogen and oxygen atoms in total. The number of benzene rings is 1. The van der Waals surface area contributed by atoms with Gasteiger partial charge in [-0.2, -0.15) is 0 Å². The van der Waals surface area contributed by atoms with Crippen LogP contribution in [0.4, 0.5) is 0 Å². The Hall–Kier alpha value is -2.45. The summed E-state index contributed by atoms with van der Waals surface area (Å²) in [6, 6.07) is 7.55. The number of fused-ring (bicyclic) bond motifs is 1. The highest BCUT2D eigenvalue weighted by molar-refractivity contribution is 5.86. The van der Waals surface area contributed by atoms with Gasteiger partial charge in [0.05, 0.1) is 26.2 Å². The zero-order chi connectivity index (χ0) is 18.6. The van der Waals surface area contributed by atoms with Gasteiger partial charge in [-0.05, 0) is 12.1 Å². The quantitative estimate of drug-likeness (QED) is 0.772. The number of amides is 2. The van der Waals surface area contributed by atoms with Crippen LogP contribution in [0, 0.1) is 0 Å². The summed E-state index contributed by atoms with van der Waals surface area (Å²) in [6.45, 7) is 5.68. The van der Waals surface area contributed by atoms with Gasteiger partial charge in [-0.25, -0.2) is 0 Å². The second-order valence-electron chi connectivity index (χ2n) is 6.95. The summed E-state index contributed by atoms with van der Waals surface area (Å²) in [5, 5.41) is 4.92. The fraction of sp³-hybridized carbons (Fsp3) is 0.526. The van der Waals surface area contributed by atoms with Crippen molar-refractivity contribution in [1.82, 2.24) is 19.9 Å². The predicted octanol–water partition coefficient (Wildman–Crippen LogP) is 0.373. The lowest BCUT2D eigenvalue weighted by atomic mass is 10.1. The molecule has 3 heterocycles. The molecule has 27 heavy (non-hydrogen) atoms. The van der Waals surface area contributed by atoms with Crippen molar-refractivity contribution >= 4 is 22.8 Å². The van der Waals surface area contributed by atoms with Crippen LogP contribution in [0.5, 0.6) is 0 Å². The molecule has 0 N–H and O–H groups in total. The minimum atomic E-state index is 0.0225. The highest BCUT2D eigenvalue weighted by Gasteiger charge is 2.26. The molecule has 0 atom stereocenters. The summed E-state index contributed by atoms with van der Waals surface area (Å²) < 4.78 is 10.6. The van der Waals surface area contributed by atoms with Crippen molar-refractivity contribution in [2.75, 3.05) is 59.0 Å². The van der Waals surface area contributed by atoms with Crippen molar-refractivity contribution in [2.45, 2.75) is 6.42 Å². The smallest absolute Gasteiger partial charge is 0.236 e. The Morgan fingerprint density at radius 3 is 2.33 bits per heavy atom. The first-order valence-electron chi connectivity index (χ1n) is 9.39. The first kappa shape index (κ1) is 17.9. The van der Waals surface area contributed by atoms with Crippen molar-refractivity contribution in [2.24, 2.45) is 0 Å². The zero-order valence-electron chi connectivity index (χ0n) is 15.3. The number of para-hydroxylation sites is 1. The lowest BCUT2D eigenvalue weighted by Crippen LogP contribution is -2.53. The van der Waals surface area contributed by atoms with E-state index in [9.17, 15) is 9.59 Å². The van der Waals surface area contributed by atoms with Crippen molar-refractivity contribution in [3.63, 3.8) is 0 Å². The number of ether oxygens (including phenoxy) is 1. The summed E-state index contributed by atoms with van der Waals surface area (Å²) in [6.07, 6.45) is 0.221. The molecule has 0 saturated carbocycles. The lowest BCUT2D eigenvalue weighted by molar-refractivity contribution is -0.140. The molecule has 2 aromatic rings. The number of carbonyl (C=O) groups is 2. The van der Waals surface area contributed by atoms with E-state index in [4.69, 9.17) is 9.26 Å². The van der Waals surface area contributed by atoms with Crippen LogP contribution in [0.3, 0.4) is 0 Å². The molecule has 8 heteroatoms. The zero-order valence-corrected chi connectivity index (χ0v) is 15.3. The first-order chi connectivity index (χ1) is 13.2. The topological polar surface area (TPSA) is 79.1 Å². The lowest BCUT2D eigenvalue weighted by Gasteiger charge is -2.36. The van der Waals surface area contributed by atoms with E-state index in [-0.39, 0.29) is 18.2 Å². The fourth-order valence-corrected chi connectivity index (χ4v) is 3.58. The van der Waals surface area contributed by atoms with E-state index in [1.807, 2.05) is 34.1 Å². The maximum atomic E-state index is 12.6. The van der Waals surface area contributed by atoms with Crippen molar-refractivity contribution in [1.29, 1.82) is 0 Å². The largest absolute Gasteiger partial charge is 0.379 e. The molecule has 2 saturated heterocycles. The molecule has 2 amide bonds. The molecular weight excluding hydrogens is 348 g/mol. The number of nitrogens with zero attached hydrogens (tertiary/aromatic N) is 4. The highest BCUT2D eigenvalue weighted by Crippen LogP contribution is 2.19. The summed E-state index contributed by atoms with van der Waals surface area (Å²) in [5.41, 5.74) is 1.36. The Morgan fingerprint density at radius 2 is 1.59 bits per heavy atom. The molecule has 1 aromatic heterocycles. The van der Waals surface area contributed by atoms with Crippen molar-refractivity contribution in [3.05, 3.63) is 30.0 Å². The van der Waals surface area contributed by atoms with Gasteiger partial charge in [0.15, 0.2) is 5.58 Å². The monoisotopic (exact) mass is 372 g/mol. The van der Waals surface area contributed by atoms with Crippen LogP contribution in [0.1, 0.15) is 5.69 Å². The average Bonchev–Trinajstić information content (AvgIpc) is 3.12. The minimum absolute atomic E-state index is 0.0225. The number of piperazine rings is 1. The molecular formula is C19H24N4O4. The van der Waals surface area contributed by atoms with Crippen LogP contribution in [0.15, 0.2) is 28.8 Å². The number of hydrogen-bond acceptors (Lipinski definition) is 6. The fourth-order valence-electron chi connectivity index (χ4n) is 3.58. The van der Waals surface area contributed by atoms with E-state index in [0.717, 1.165) is 18.5 Å².